The van der Waals surface area contributed by atoms with Gasteiger partial charge in [0, 0.05) is 11.8 Å². The quantitative estimate of drug-likeness (QED) is 0.827. The van der Waals surface area contributed by atoms with Gasteiger partial charge in [-0.3, -0.25) is 4.79 Å². The summed E-state index contributed by atoms with van der Waals surface area (Å²) in [6.07, 6.45) is -0.651. The molecule has 0 aromatic heterocycles. The fourth-order valence-electron chi connectivity index (χ4n) is 1.94. The number of hydrogen-bond donors (Lipinski definition) is 1. The van der Waals surface area contributed by atoms with Gasteiger partial charge in [0.2, 0.25) is 0 Å². The van der Waals surface area contributed by atoms with Crippen LogP contribution >= 0.6 is 15.9 Å². The lowest BCUT2D eigenvalue weighted by atomic mass is 10.2. The fraction of sp³-hybridized carbons (Fsp3) is 0.235. The molecule has 23 heavy (non-hydrogen) atoms. The molecule has 0 aliphatic carbocycles. The molecular weight excluding hydrogens is 362 g/mol. The maximum atomic E-state index is 12.3. The Morgan fingerprint density at radius 2 is 1.74 bits per heavy atom. The summed E-state index contributed by atoms with van der Waals surface area (Å²) in [4.78, 5) is 12.3. The summed E-state index contributed by atoms with van der Waals surface area (Å²) < 4.78 is 16.8. The minimum absolute atomic E-state index is 0.257. The van der Waals surface area contributed by atoms with E-state index >= 15 is 0 Å². The predicted octanol–water partition coefficient (Wildman–Crippen LogP) is 3.87. The summed E-state index contributed by atoms with van der Waals surface area (Å²) in [5, 5.41) is 2.79. The van der Waals surface area contributed by atoms with Gasteiger partial charge in [0.05, 0.1) is 18.7 Å². The van der Waals surface area contributed by atoms with Gasteiger partial charge in [-0.05, 0) is 47.1 Å². The minimum Gasteiger partial charge on any atom is -0.493 e. The Morgan fingerprint density at radius 1 is 1.04 bits per heavy atom. The highest BCUT2D eigenvalue weighted by Crippen LogP contribution is 2.30. The Balaban J connectivity index is 2.05. The van der Waals surface area contributed by atoms with Crippen LogP contribution in [0, 0.1) is 0 Å². The van der Waals surface area contributed by atoms with Gasteiger partial charge in [-0.2, -0.15) is 0 Å². The second-order valence-electron chi connectivity index (χ2n) is 4.75. The molecule has 0 fully saturated rings. The van der Waals surface area contributed by atoms with Crippen molar-refractivity contribution >= 4 is 27.5 Å². The van der Waals surface area contributed by atoms with E-state index in [2.05, 4.69) is 21.2 Å². The van der Waals surface area contributed by atoms with Crippen molar-refractivity contribution in [2.24, 2.45) is 0 Å². The van der Waals surface area contributed by atoms with Crippen LogP contribution in [0.2, 0.25) is 0 Å². The zero-order valence-corrected chi connectivity index (χ0v) is 14.7. The van der Waals surface area contributed by atoms with E-state index in [9.17, 15) is 4.79 Å². The number of anilines is 1. The molecule has 0 bridgehead atoms. The van der Waals surface area contributed by atoms with Gasteiger partial charge in [0.15, 0.2) is 17.6 Å². The molecular formula is C17H18BrNO4. The molecule has 0 aliphatic heterocycles. The molecule has 122 valence electrons. The molecule has 2 rings (SSSR count). The van der Waals surface area contributed by atoms with Crippen LogP contribution < -0.4 is 19.5 Å². The first-order chi connectivity index (χ1) is 11.0. The molecule has 1 N–H and O–H groups in total. The summed E-state index contributed by atoms with van der Waals surface area (Å²) in [6, 6.07) is 12.5. The topological polar surface area (TPSA) is 56.8 Å². The lowest BCUT2D eigenvalue weighted by Crippen LogP contribution is -2.30. The van der Waals surface area contributed by atoms with Gasteiger partial charge < -0.3 is 19.5 Å². The first-order valence-corrected chi connectivity index (χ1v) is 7.78. The summed E-state index contributed by atoms with van der Waals surface area (Å²) in [6.45, 7) is 1.69. The van der Waals surface area contributed by atoms with Crippen molar-refractivity contribution in [2.45, 2.75) is 13.0 Å². The Kier molecular flexibility index (Phi) is 5.87. The number of hydrogen-bond acceptors (Lipinski definition) is 4. The number of carbonyl (C=O) groups excluding carboxylic acids is 1. The Morgan fingerprint density at radius 3 is 2.39 bits per heavy atom. The molecule has 1 amide bonds. The van der Waals surface area contributed by atoms with Crippen molar-refractivity contribution in [3.05, 3.63) is 46.9 Å². The number of para-hydroxylation sites is 1. The second kappa shape index (κ2) is 7.87. The van der Waals surface area contributed by atoms with Crippen LogP contribution in [0.15, 0.2) is 46.9 Å². The number of carbonyl (C=O) groups is 1. The van der Waals surface area contributed by atoms with E-state index in [1.54, 1.807) is 45.4 Å². The third-order valence-corrected chi connectivity index (χ3v) is 3.82. The number of rotatable bonds is 6. The number of nitrogens with one attached hydrogen (secondary N) is 1. The average Bonchev–Trinajstić information content (AvgIpc) is 2.56. The number of methoxy groups -OCH3 is 2. The third-order valence-electron chi connectivity index (χ3n) is 3.16. The SMILES string of the molecule is COc1ccc(NC(=O)C(C)Oc2ccccc2Br)cc1OC. The van der Waals surface area contributed by atoms with Crippen LogP contribution in [0.5, 0.6) is 17.2 Å². The minimum atomic E-state index is -0.651. The van der Waals surface area contributed by atoms with Gasteiger partial charge in [0.25, 0.3) is 5.91 Å². The lowest BCUT2D eigenvalue weighted by Gasteiger charge is -2.16. The fourth-order valence-corrected chi connectivity index (χ4v) is 2.32. The first-order valence-electron chi connectivity index (χ1n) is 6.99. The van der Waals surface area contributed by atoms with Crippen LogP contribution in [0.25, 0.3) is 0 Å². The summed E-state index contributed by atoms with van der Waals surface area (Å²) in [7, 11) is 3.10. The van der Waals surface area contributed by atoms with E-state index < -0.39 is 6.10 Å². The largest absolute Gasteiger partial charge is 0.493 e. The molecule has 0 aliphatic rings. The Labute approximate surface area is 143 Å². The predicted molar refractivity (Wildman–Crippen MR) is 92.4 cm³/mol. The highest BCUT2D eigenvalue weighted by molar-refractivity contribution is 9.10. The molecule has 1 atom stereocenters. The molecule has 0 radical (unpaired) electrons. The summed E-state index contributed by atoms with van der Waals surface area (Å²) in [5.41, 5.74) is 0.607. The molecule has 5 nitrogen and oxygen atoms in total. The van der Waals surface area contributed by atoms with E-state index in [-0.39, 0.29) is 5.91 Å². The molecule has 0 saturated carbocycles. The standard InChI is InChI=1S/C17H18BrNO4/c1-11(23-14-7-5-4-6-13(14)18)17(20)19-12-8-9-15(21-2)16(10-12)22-3/h4-11H,1-3H3,(H,19,20). The number of amides is 1. The molecule has 2 aromatic carbocycles. The summed E-state index contributed by atoms with van der Waals surface area (Å²) in [5.74, 6) is 1.50. The molecule has 6 heteroatoms. The normalized spacial score (nSPS) is 11.5. The van der Waals surface area contributed by atoms with Gasteiger partial charge >= 0.3 is 0 Å². The number of halogens is 1. The van der Waals surface area contributed by atoms with Crippen molar-refractivity contribution in [1.29, 1.82) is 0 Å². The van der Waals surface area contributed by atoms with E-state index in [1.165, 1.54) is 0 Å². The molecule has 0 heterocycles. The van der Waals surface area contributed by atoms with Crippen molar-refractivity contribution in [2.75, 3.05) is 19.5 Å². The van der Waals surface area contributed by atoms with Gasteiger partial charge in [-0.25, -0.2) is 0 Å². The van der Waals surface area contributed by atoms with Crippen LogP contribution in [-0.2, 0) is 4.79 Å². The van der Waals surface area contributed by atoms with E-state index in [0.29, 0.717) is 22.9 Å². The molecule has 0 spiro atoms. The first kappa shape index (κ1) is 17.1. The number of benzene rings is 2. The van der Waals surface area contributed by atoms with Gasteiger partial charge in [0.1, 0.15) is 5.75 Å². The van der Waals surface area contributed by atoms with Gasteiger partial charge in [-0.15, -0.1) is 0 Å². The van der Waals surface area contributed by atoms with Crippen molar-refractivity contribution in [1.82, 2.24) is 0 Å². The highest BCUT2D eigenvalue weighted by Gasteiger charge is 2.17. The van der Waals surface area contributed by atoms with Crippen LogP contribution in [0.4, 0.5) is 5.69 Å². The second-order valence-corrected chi connectivity index (χ2v) is 5.60. The zero-order chi connectivity index (χ0) is 16.8. The zero-order valence-electron chi connectivity index (χ0n) is 13.1. The monoisotopic (exact) mass is 379 g/mol. The van der Waals surface area contributed by atoms with E-state index in [0.717, 1.165) is 4.47 Å². The molecule has 2 aromatic rings. The van der Waals surface area contributed by atoms with Crippen molar-refractivity contribution in [3.63, 3.8) is 0 Å². The molecule has 0 saturated heterocycles. The lowest BCUT2D eigenvalue weighted by molar-refractivity contribution is -0.122. The van der Waals surface area contributed by atoms with Gasteiger partial charge in [-0.1, -0.05) is 12.1 Å². The third kappa shape index (κ3) is 4.39. The molecule has 1 unspecified atom stereocenters. The number of ether oxygens (including phenoxy) is 3. The highest BCUT2D eigenvalue weighted by atomic mass is 79.9. The van der Waals surface area contributed by atoms with E-state index in [1.807, 2.05) is 18.2 Å². The maximum absolute atomic E-state index is 12.3. The van der Waals surface area contributed by atoms with Crippen LogP contribution in [0.3, 0.4) is 0 Å². The average molecular weight is 380 g/mol. The summed E-state index contributed by atoms with van der Waals surface area (Å²) >= 11 is 3.39. The van der Waals surface area contributed by atoms with E-state index in [4.69, 9.17) is 14.2 Å². The van der Waals surface area contributed by atoms with Crippen molar-refractivity contribution in [3.8, 4) is 17.2 Å². The smallest absolute Gasteiger partial charge is 0.265 e. The van der Waals surface area contributed by atoms with Crippen LogP contribution in [0.1, 0.15) is 6.92 Å². The maximum Gasteiger partial charge on any atom is 0.265 e. The Hall–Kier alpha value is -2.21. The van der Waals surface area contributed by atoms with Crippen molar-refractivity contribution < 1.29 is 19.0 Å². The Bertz CT molecular complexity index is 690. The van der Waals surface area contributed by atoms with Crippen LogP contribution in [-0.4, -0.2) is 26.2 Å².